The van der Waals surface area contributed by atoms with Crippen LogP contribution < -0.4 is 5.73 Å². The van der Waals surface area contributed by atoms with Crippen LogP contribution in [0.5, 0.6) is 0 Å². The zero-order chi connectivity index (χ0) is 14.9. The van der Waals surface area contributed by atoms with Crippen LogP contribution in [0.25, 0.3) is 0 Å². The Morgan fingerprint density at radius 1 is 1.45 bits per heavy atom. The van der Waals surface area contributed by atoms with Crippen molar-refractivity contribution >= 4 is 15.9 Å². The van der Waals surface area contributed by atoms with E-state index < -0.39 is 0 Å². The third-order valence-corrected chi connectivity index (χ3v) is 4.97. The smallest absolute Gasteiger partial charge is 0.123 e. The van der Waals surface area contributed by atoms with E-state index in [0.29, 0.717) is 18.5 Å². The third kappa shape index (κ3) is 3.22. The molecule has 3 unspecified atom stereocenters. The molecular formula is C15H23BrFN3. The van der Waals surface area contributed by atoms with Crippen molar-refractivity contribution in [3.8, 4) is 0 Å². The zero-order valence-corrected chi connectivity index (χ0v) is 13.9. The lowest BCUT2D eigenvalue weighted by atomic mass is 10.1. The highest BCUT2D eigenvalue weighted by atomic mass is 79.9. The van der Waals surface area contributed by atoms with Gasteiger partial charge in [-0.15, -0.1) is 0 Å². The molecule has 1 fully saturated rings. The van der Waals surface area contributed by atoms with E-state index in [1.165, 1.54) is 6.07 Å². The molecule has 0 aromatic heterocycles. The van der Waals surface area contributed by atoms with Gasteiger partial charge in [-0.1, -0.05) is 22.9 Å². The minimum Gasteiger partial charge on any atom is -0.329 e. The Balaban J connectivity index is 2.23. The normalized spacial score (nSPS) is 25.4. The van der Waals surface area contributed by atoms with Gasteiger partial charge in [-0.25, -0.2) is 4.39 Å². The predicted octanol–water partition coefficient (Wildman–Crippen LogP) is 2.47. The third-order valence-electron chi connectivity index (χ3n) is 4.25. The standard InChI is InChI=1S/C15H23BrFN3/c1-10-8-20(9-15(10)19(2)3)14(7-18)12-6-11(17)4-5-13(12)16/h4-6,10,14-15H,7-9,18H2,1-3H3. The Morgan fingerprint density at radius 3 is 2.70 bits per heavy atom. The first kappa shape index (κ1) is 15.9. The van der Waals surface area contributed by atoms with Gasteiger partial charge >= 0.3 is 0 Å². The van der Waals surface area contributed by atoms with Gasteiger partial charge in [0, 0.05) is 36.2 Å². The number of halogens is 2. The molecule has 2 rings (SSSR count). The van der Waals surface area contributed by atoms with Crippen molar-refractivity contribution in [2.24, 2.45) is 11.7 Å². The number of hydrogen-bond donors (Lipinski definition) is 1. The second kappa shape index (κ2) is 6.52. The summed E-state index contributed by atoms with van der Waals surface area (Å²) in [7, 11) is 4.22. The molecule has 0 bridgehead atoms. The average molecular weight is 344 g/mol. The van der Waals surface area contributed by atoms with Crippen molar-refractivity contribution in [2.45, 2.75) is 19.0 Å². The molecule has 20 heavy (non-hydrogen) atoms. The maximum Gasteiger partial charge on any atom is 0.123 e. The Kier molecular flexibility index (Phi) is 5.18. The number of rotatable bonds is 4. The summed E-state index contributed by atoms with van der Waals surface area (Å²) >= 11 is 3.52. The Labute approximate surface area is 129 Å². The first-order valence-corrected chi connectivity index (χ1v) is 7.78. The van der Waals surface area contributed by atoms with E-state index in [4.69, 9.17) is 5.73 Å². The number of benzene rings is 1. The van der Waals surface area contributed by atoms with Gasteiger partial charge in [0.05, 0.1) is 0 Å². The van der Waals surface area contributed by atoms with Gasteiger partial charge in [0.1, 0.15) is 5.82 Å². The lowest BCUT2D eigenvalue weighted by molar-refractivity contribution is 0.219. The minimum absolute atomic E-state index is 0.0625. The van der Waals surface area contributed by atoms with Gasteiger partial charge in [0.15, 0.2) is 0 Å². The number of nitrogens with two attached hydrogens (primary N) is 1. The number of likely N-dealkylation sites (N-methyl/N-ethyl adjacent to an activating group) is 1. The largest absolute Gasteiger partial charge is 0.329 e. The van der Waals surface area contributed by atoms with Crippen LogP contribution in [0, 0.1) is 11.7 Å². The molecule has 3 atom stereocenters. The van der Waals surface area contributed by atoms with Crippen LogP contribution in [0.3, 0.4) is 0 Å². The van der Waals surface area contributed by atoms with Gasteiger partial charge < -0.3 is 10.6 Å². The summed E-state index contributed by atoms with van der Waals surface area (Å²) in [4.78, 5) is 4.63. The fraction of sp³-hybridized carbons (Fsp3) is 0.600. The van der Waals surface area contributed by atoms with Crippen molar-refractivity contribution in [3.05, 3.63) is 34.1 Å². The highest BCUT2D eigenvalue weighted by Crippen LogP contribution is 2.32. The molecule has 112 valence electrons. The summed E-state index contributed by atoms with van der Waals surface area (Å²) in [6.07, 6.45) is 0. The Bertz CT molecular complexity index is 466. The number of likely N-dealkylation sites (tertiary alicyclic amines) is 1. The SMILES string of the molecule is CC1CN(C(CN)c2cc(F)ccc2Br)CC1N(C)C. The highest BCUT2D eigenvalue weighted by molar-refractivity contribution is 9.10. The topological polar surface area (TPSA) is 32.5 Å². The van der Waals surface area contributed by atoms with E-state index >= 15 is 0 Å². The van der Waals surface area contributed by atoms with Crippen LogP contribution in [-0.4, -0.2) is 49.6 Å². The van der Waals surface area contributed by atoms with Gasteiger partial charge in [-0.05, 0) is 43.8 Å². The highest BCUT2D eigenvalue weighted by Gasteiger charge is 2.35. The fourth-order valence-electron chi connectivity index (χ4n) is 3.16. The van der Waals surface area contributed by atoms with Crippen LogP contribution in [-0.2, 0) is 0 Å². The summed E-state index contributed by atoms with van der Waals surface area (Å²) in [5, 5.41) is 0. The van der Waals surface area contributed by atoms with Gasteiger partial charge in [0.25, 0.3) is 0 Å². The van der Waals surface area contributed by atoms with Gasteiger partial charge in [-0.3, -0.25) is 4.90 Å². The number of hydrogen-bond acceptors (Lipinski definition) is 3. The summed E-state index contributed by atoms with van der Waals surface area (Å²) in [5.74, 6) is 0.379. The second-order valence-electron chi connectivity index (χ2n) is 5.88. The second-order valence-corrected chi connectivity index (χ2v) is 6.73. The molecule has 0 saturated carbocycles. The molecule has 1 aromatic carbocycles. The molecule has 5 heteroatoms. The average Bonchev–Trinajstić information content (AvgIpc) is 2.76. The molecule has 1 saturated heterocycles. The predicted molar refractivity (Wildman–Crippen MR) is 84.1 cm³/mol. The van der Waals surface area contributed by atoms with Crippen LogP contribution >= 0.6 is 15.9 Å². The maximum absolute atomic E-state index is 13.5. The van der Waals surface area contributed by atoms with Crippen molar-refractivity contribution < 1.29 is 4.39 Å². The minimum atomic E-state index is -0.210. The monoisotopic (exact) mass is 343 g/mol. The maximum atomic E-state index is 13.5. The van der Waals surface area contributed by atoms with E-state index in [2.05, 4.69) is 46.7 Å². The van der Waals surface area contributed by atoms with Crippen molar-refractivity contribution in [1.29, 1.82) is 0 Å². The lowest BCUT2D eigenvalue weighted by Crippen LogP contribution is -2.36. The van der Waals surface area contributed by atoms with Crippen molar-refractivity contribution in [3.63, 3.8) is 0 Å². The molecule has 1 aliphatic heterocycles. The van der Waals surface area contributed by atoms with Gasteiger partial charge in [0.2, 0.25) is 0 Å². The van der Waals surface area contributed by atoms with Crippen molar-refractivity contribution in [1.82, 2.24) is 9.80 Å². The van der Waals surface area contributed by atoms with Gasteiger partial charge in [-0.2, -0.15) is 0 Å². The molecule has 0 radical (unpaired) electrons. The molecule has 2 N–H and O–H groups in total. The summed E-state index contributed by atoms with van der Waals surface area (Å²) < 4.78 is 14.5. The first-order valence-electron chi connectivity index (χ1n) is 6.99. The van der Waals surface area contributed by atoms with Crippen LogP contribution in [0.4, 0.5) is 4.39 Å². The van der Waals surface area contributed by atoms with E-state index in [0.717, 1.165) is 23.1 Å². The summed E-state index contributed by atoms with van der Waals surface area (Å²) in [6.45, 7) is 4.72. The molecule has 1 aliphatic rings. The molecular weight excluding hydrogens is 321 g/mol. The van der Waals surface area contributed by atoms with Crippen LogP contribution in [0.15, 0.2) is 22.7 Å². The van der Waals surface area contributed by atoms with E-state index in [-0.39, 0.29) is 11.9 Å². The van der Waals surface area contributed by atoms with E-state index in [1.54, 1.807) is 12.1 Å². The number of nitrogens with zero attached hydrogens (tertiary/aromatic N) is 2. The Hall–Kier alpha value is -0.490. The summed E-state index contributed by atoms with van der Waals surface area (Å²) in [6, 6.07) is 5.41. The lowest BCUT2D eigenvalue weighted by Gasteiger charge is -2.28. The van der Waals surface area contributed by atoms with E-state index in [1.807, 2.05) is 0 Å². The van der Waals surface area contributed by atoms with Crippen LogP contribution in [0.2, 0.25) is 0 Å². The molecule has 0 amide bonds. The molecule has 1 aromatic rings. The van der Waals surface area contributed by atoms with Crippen LogP contribution in [0.1, 0.15) is 18.5 Å². The van der Waals surface area contributed by atoms with Crippen molar-refractivity contribution in [2.75, 3.05) is 33.7 Å². The molecule has 0 spiro atoms. The quantitative estimate of drug-likeness (QED) is 0.911. The molecule has 1 heterocycles. The first-order chi connectivity index (χ1) is 9.43. The molecule has 3 nitrogen and oxygen atoms in total. The zero-order valence-electron chi connectivity index (χ0n) is 12.3. The van der Waals surface area contributed by atoms with E-state index in [9.17, 15) is 4.39 Å². The Morgan fingerprint density at radius 2 is 2.15 bits per heavy atom. The summed E-state index contributed by atoms with van der Waals surface area (Å²) in [5.41, 5.74) is 6.92. The fourth-order valence-corrected chi connectivity index (χ4v) is 3.67. The molecule has 0 aliphatic carbocycles.